The molecule has 88 valence electrons. The van der Waals surface area contributed by atoms with Crippen molar-refractivity contribution in [3.05, 3.63) is 48.3 Å². The molecule has 0 aliphatic rings. The first-order chi connectivity index (χ1) is 7.59. The second kappa shape index (κ2) is 5.80. The maximum atomic E-state index is 13.1. The van der Waals surface area contributed by atoms with Gasteiger partial charge in [-0.1, -0.05) is 32.1 Å². The van der Waals surface area contributed by atoms with Gasteiger partial charge in [0.05, 0.1) is 0 Å². The lowest BCUT2D eigenvalue weighted by Gasteiger charge is -2.26. The van der Waals surface area contributed by atoms with Crippen molar-refractivity contribution in [1.82, 2.24) is 5.32 Å². The van der Waals surface area contributed by atoms with E-state index >= 15 is 0 Å². The molecule has 0 aliphatic heterocycles. The molecule has 0 heterocycles. The highest BCUT2D eigenvalue weighted by atomic mass is 19.1. The first-order valence-corrected chi connectivity index (χ1v) is 5.68. The SMILES string of the molecule is C=CC(C)(CNCC)Cc1cccc(F)c1. The van der Waals surface area contributed by atoms with E-state index in [0.717, 1.165) is 25.1 Å². The highest BCUT2D eigenvalue weighted by molar-refractivity contribution is 5.19. The Bertz CT molecular complexity index is 348. The van der Waals surface area contributed by atoms with E-state index in [-0.39, 0.29) is 11.2 Å². The summed E-state index contributed by atoms with van der Waals surface area (Å²) in [7, 11) is 0. The molecule has 0 saturated heterocycles. The van der Waals surface area contributed by atoms with Gasteiger partial charge in [-0.15, -0.1) is 6.58 Å². The van der Waals surface area contributed by atoms with Crippen LogP contribution in [0.15, 0.2) is 36.9 Å². The van der Waals surface area contributed by atoms with Crippen LogP contribution in [0.5, 0.6) is 0 Å². The molecule has 1 N–H and O–H groups in total. The van der Waals surface area contributed by atoms with E-state index in [2.05, 4.69) is 25.7 Å². The minimum atomic E-state index is -0.174. The number of hydrogen-bond acceptors (Lipinski definition) is 1. The lowest BCUT2D eigenvalue weighted by atomic mass is 9.83. The van der Waals surface area contributed by atoms with Crippen LogP contribution in [0.1, 0.15) is 19.4 Å². The number of benzene rings is 1. The van der Waals surface area contributed by atoms with Gasteiger partial charge < -0.3 is 5.32 Å². The fourth-order valence-electron chi connectivity index (χ4n) is 1.73. The fraction of sp³-hybridized carbons (Fsp3) is 0.429. The summed E-state index contributed by atoms with van der Waals surface area (Å²) in [5.41, 5.74) is 0.990. The Kier molecular flexibility index (Phi) is 4.69. The van der Waals surface area contributed by atoms with Crippen LogP contribution in [0.3, 0.4) is 0 Å². The first kappa shape index (κ1) is 12.9. The summed E-state index contributed by atoms with van der Waals surface area (Å²) < 4.78 is 13.1. The van der Waals surface area contributed by atoms with Gasteiger partial charge in [0.15, 0.2) is 0 Å². The number of nitrogens with one attached hydrogen (secondary N) is 1. The molecule has 0 radical (unpaired) electrons. The molecule has 0 bridgehead atoms. The first-order valence-electron chi connectivity index (χ1n) is 5.68. The monoisotopic (exact) mass is 221 g/mol. The number of hydrogen-bond donors (Lipinski definition) is 1. The molecule has 0 saturated carbocycles. The van der Waals surface area contributed by atoms with Gasteiger partial charge in [-0.25, -0.2) is 4.39 Å². The topological polar surface area (TPSA) is 12.0 Å². The summed E-state index contributed by atoms with van der Waals surface area (Å²) in [6.45, 7) is 9.88. The van der Waals surface area contributed by atoms with Crippen molar-refractivity contribution in [2.75, 3.05) is 13.1 Å². The molecule has 2 heteroatoms. The van der Waals surface area contributed by atoms with Gasteiger partial charge in [0.2, 0.25) is 0 Å². The number of rotatable bonds is 6. The van der Waals surface area contributed by atoms with E-state index in [4.69, 9.17) is 0 Å². The van der Waals surface area contributed by atoms with Crippen LogP contribution in [-0.4, -0.2) is 13.1 Å². The van der Waals surface area contributed by atoms with Crippen molar-refractivity contribution >= 4 is 0 Å². The number of halogens is 1. The van der Waals surface area contributed by atoms with Gasteiger partial charge in [-0.05, 0) is 30.7 Å². The molecule has 0 aromatic heterocycles. The van der Waals surface area contributed by atoms with Crippen LogP contribution < -0.4 is 5.32 Å². The van der Waals surface area contributed by atoms with Crippen LogP contribution in [0, 0.1) is 11.2 Å². The highest BCUT2D eigenvalue weighted by Gasteiger charge is 2.20. The lowest BCUT2D eigenvalue weighted by molar-refractivity contribution is 0.395. The van der Waals surface area contributed by atoms with E-state index in [0.29, 0.717) is 0 Å². The molecule has 1 rings (SSSR count). The van der Waals surface area contributed by atoms with Gasteiger partial charge >= 0.3 is 0 Å². The zero-order chi connectivity index (χ0) is 12.0. The third-order valence-corrected chi connectivity index (χ3v) is 2.77. The van der Waals surface area contributed by atoms with Gasteiger partial charge in [-0.2, -0.15) is 0 Å². The van der Waals surface area contributed by atoms with E-state index in [1.807, 2.05) is 12.1 Å². The summed E-state index contributed by atoms with van der Waals surface area (Å²) in [6.07, 6.45) is 2.75. The lowest BCUT2D eigenvalue weighted by Crippen LogP contribution is -2.31. The average Bonchev–Trinajstić information content (AvgIpc) is 2.26. The van der Waals surface area contributed by atoms with E-state index in [9.17, 15) is 4.39 Å². The maximum Gasteiger partial charge on any atom is 0.123 e. The van der Waals surface area contributed by atoms with Crippen molar-refractivity contribution in [3.8, 4) is 0 Å². The Morgan fingerprint density at radius 3 is 2.81 bits per heavy atom. The largest absolute Gasteiger partial charge is 0.316 e. The average molecular weight is 221 g/mol. The molecule has 0 aliphatic carbocycles. The zero-order valence-electron chi connectivity index (χ0n) is 10.1. The van der Waals surface area contributed by atoms with Crippen molar-refractivity contribution < 1.29 is 4.39 Å². The van der Waals surface area contributed by atoms with Crippen LogP contribution in [0.2, 0.25) is 0 Å². The van der Waals surface area contributed by atoms with Gasteiger partial charge in [-0.3, -0.25) is 0 Å². The Morgan fingerprint density at radius 2 is 2.25 bits per heavy atom. The predicted molar refractivity (Wildman–Crippen MR) is 67.0 cm³/mol. The molecule has 16 heavy (non-hydrogen) atoms. The minimum Gasteiger partial charge on any atom is -0.316 e. The second-order valence-corrected chi connectivity index (χ2v) is 4.45. The summed E-state index contributed by atoms with van der Waals surface area (Å²) in [4.78, 5) is 0. The van der Waals surface area contributed by atoms with Crippen molar-refractivity contribution in [2.24, 2.45) is 5.41 Å². The Labute approximate surface area is 97.4 Å². The molecule has 1 nitrogen and oxygen atoms in total. The Balaban J connectivity index is 2.72. The van der Waals surface area contributed by atoms with Crippen molar-refractivity contribution in [2.45, 2.75) is 20.3 Å². The Hall–Kier alpha value is -1.15. The summed E-state index contributed by atoms with van der Waals surface area (Å²) in [6, 6.07) is 6.77. The fourth-order valence-corrected chi connectivity index (χ4v) is 1.73. The third-order valence-electron chi connectivity index (χ3n) is 2.77. The zero-order valence-corrected chi connectivity index (χ0v) is 10.1. The minimum absolute atomic E-state index is 0.0240. The standard InChI is InChI=1S/C14H20FN/c1-4-14(3,11-16-5-2)10-12-7-6-8-13(15)9-12/h4,6-9,16H,1,5,10-11H2,2-3H3. The highest BCUT2D eigenvalue weighted by Crippen LogP contribution is 2.23. The van der Waals surface area contributed by atoms with Crippen LogP contribution in [-0.2, 0) is 6.42 Å². The second-order valence-electron chi connectivity index (χ2n) is 4.45. The summed E-state index contributed by atoms with van der Waals surface area (Å²) in [5, 5.41) is 3.31. The Morgan fingerprint density at radius 1 is 1.50 bits per heavy atom. The third kappa shape index (κ3) is 3.78. The molecular weight excluding hydrogens is 201 g/mol. The van der Waals surface area contributed by atoms with Gasteiger partial charge in [0.1, 0.15) is 5.82 Å². The predicted octanol–water partition coefficient (Wildman–Crippen LogP) is 3.17. The molecule has 1 atom stereocenters. The molecule has 1 aromatic carbocycles. The van der Waals surface area contributed by atoms with E-state index in [1.165, 1.54) is 6.07 Å². The van der Waals surface area contributed by atoms with Crippen LogP contribution in [0.25, 0.3) is 0 Å². The molecule has 0 amide bonds. The van der Waals surface area contributed by atoms with Crippen molar-refractivity contribution in [1.29, 1.82) is 0 Å². The maximum absolute atomic E-state index is 13.1. The van der Waals surface area contributed by atoms with Crippen LogP contribution >= 0.6 is 0 Å². The smallest absolute Gasteiger partial charge is 0.123 e. The normalized spacial score (nSPS) is 14.4. The van der Waals surface area contributed by atoms with Gasteiger partial charge in [0.25, 0.3) is 0 Å². The summed E-state index contributed by atoms with van der Waals surface area (Å²) in [5.74, 6) is -0.174. The van der Waals surface area contributed by atoms with Crippen molar-refractivity contribution in [3.63, 3.8) is 0 Å². The molecule has 1 unspecified atom stereocenters. The summed E-state index contributed by atoms with van der Waals surface area (Å²) >= 11 is 0. The molecule has 0 fully saturated rings. The quantitative estimate of drug-likeness (QED) is 0.728. The molecule has 1 aromatic rings. The van der Waals surface area contributed by atoms with Crippen LogP contribution in [0.4, 0.5) is 4.39 Å². The van der Waals surface area contributed by atoms with Gasteiger partial charge in [0, 0.05) is 12.0 Å². The molecule has 0 spiro atoms. The van der Waals surface area contributed by atoms with E-state index in [1.54, 1.807) is 12.1 Å². The molecular formula is C14H20FN. The van der Waals surface area contributed by atoms with E-state index < -0.39 is 0 Å².